The van der Waals surface area contributed by atoms with Crippen LogP contribution in [0.4, 0.5) is 0 Å². The Morgan fingerprint density at radius 3 is 0.864 bits per heavy atom. The molecule has 0 aliphatic heterocycles. The third-order valence-corrected chi connectivity index (χ3v) is 12.6. The van der Waals surface area contributed by atoms with Crippen LogP contribution < -0.4 is 0 Å². The van der Waals surface area contributed by atoms with Crippen molar-refractivity contribution in [1.82, 2.24) is 0 Å². The number of esters is 3. The van der Waals surface area contributed by atoms with Crippen LogP contribution in [0, 0.1) is 0 Å². The van der Waals surface area contributed by atoms with Gasteiger partial charge in [0.15, 0.2) is 6.10 Å². The van der Waals surface area contributed by atoms with Crippen molar-refractivity contribution in [2.24, 2.45) is 0 Å². The van der Waals surface area contributed by atoms with Gasteiger partial charge in [-0.2, -0.15) is 0 Å². The third-order valence-electron chi connectivity index (χ3n) is 12.6. The molecule has 0 aromatic heterocycles. The number of hydrogen-bond acceptors (Lipinski definition) is 6. The molecule has 0 bridgehead atoms. The van der Waals surface area contributed by atoms with Crippen molar-refractivity contribution in [1.29, 1.82) is 0 Å². The number of unbranched alkanes of at least 4 members (excludes halogenated alkanes) is 33. The maximum Gasteiger partial charge on any atom is 0.306 e. The first-order valence-electron chi connectivity index (χ1n) is 28.6. The fraction of sp³-hybridized carbons (Fsp3) is 0.817. The molecule has 0 heterocycles. The van der Waals surface area contributed by atoms with Crippen LogP contribution in [-0.2, 0) is 28.6 Å². The van der Waals surface area contributed by atoms with Gasteiger partial charge in [0.1, 0.15) is 13.2 Å². The summed E-state index contributed by atoms with van der Waals surface area (Å²) in [5.41, 5.74) is 0. The lowest BCUT2D eigenvalue weighted by Crippen LogP contribution is -2.30. The van der Waals surface area contributed by atoms with Gasteiger partial charge in [0.2, 0.25) is 0 Å². The molecule has 384 valence electrons. The Morgan fingerprint density at radius 1 is 0.303 bits per heavy atom. The Hall–Kier alpha value is -2.63. The lowest BCUT2D eigenvalue weighted by atomic mass is 10.0. The van der Waals surface area contributed by atoms with Gasteiger partial charge in [0.05, 0.1) is 0 Å². The Morgan fingerprint density at radius 2 is 0.545 bits per heavy atom. The van der Waals surface area contributed by atoms with Crippen molar-refractivity contribution in [2.75, 3.05) is 13.2 Å². The Bertz CT molecular complexity index is 1150. The molecule has 0 aliphatic carbocycles. The van der Waals surface area contributed by atoms with E-state index in [9.17, 15) is 14.4 Å². The lowest BCUT2D eigenvalue weighted by molar-refractivity contribution is -0.167. The smallest absolute Gasteiger partial charge is 0.306 e. The largest absolute Gasteiger partial charge is 0.462 e. The highest BCUT2D eigenvalue weighted by Crippen LogP contribution is 2.16. The second kappa shape index (κ2) is 55.0. The molecule has 1 unspecified atom stereocenters. The summed E-state index contributed by atoms with van der Waals surface area (Å²) < 4.78 is 16.8. The molecule has 0 fully saturated rings. The second-order valence-corrected chi connectivity index (χ2v) is 19.2. The molecule has 0 saturated carbocycles. The van der Waals surface area contributed by atoms with Crippen molar-refractivity contribution < 1.29 is 28.6 Å². The van der Waals surface area contributed by atoms with Crippen LogP contribution in [0.1, 0.15) is 297 Å². The molecule has 0 aliphatic rings. The molecule has 0 spiro atoms. The van der Waals surface area contributed by atoms with Crippen molar-refractivity contribution in [2.45, 2.75) is 303 Å². The summed E-state index contributed by atoms with van der Waals surface area (Å²) in [6.07, 6.45) is 66.8. The summed E-state index contributed by atoms with van der Waals surface area (Å²) in [5.74, 6) is -0.883. The van der Waals surface area contributed by atoms with Crippen LogP contribution in [0.3, 0.4) is 0 Å². The van der Waals surface area contributed by atoms with E-state index in [1.54, 1.807) is 0 Å². The molecule has 1 atom stereocenters. The van der Waals surface area contributed by atoms with Crippen molar-refractivity contribution in [3.05, 3.63) is 48.6 Å². The minimum absolute atomic E-state index is 0.0768. The number of carbonyl (C=O) groups is 3. The van der Waals surface area contributed by atoms with Crippen molar-refractivity contribution in [3.8, 4) is 0 Å². The topological polar surface area (TPSA) is 78.9 Å². The van der Waals surface area contributed by atoms with Gasteiger partial charge in [-0.05, 0) is 83.5 Å². The summed E-state index contributed by atoms with van der Waals surface area (Å²) in [5, 5.41) is 0. The molecule has 6 heteroatoms. The van der Waals surface area contributed by atoms with E-state index in [-0.39, 0.29) is 31.1 Å². The van der Waals surface area contributed by atoms with E-state index in [1.165, 1.54) is 167 Å². The van der Waals surface area contributed by atoms with Crippen molar-refractivity contribution >= 4 is 17.9 Å². The zero-order valence-electron chi connectivity index (χ0n) is 44.0. The fourth-order valence-corrected chi connectivity index (χ4v) is 8.21. The van der Waals surface area contributed by atoms with E-state index >= 15 is 0 Å². The lowest BCUT2D eigenvalue weighted by Gasteiger charge is -2.18. The van der Waals surface area contributed by atoms with E-state index in [0.29, 0.717) is 19.3 Å². The Labute approximate surface area is 409 Å². The number of allylic oxidation sites excluding steroid dienone is 8. The van der Waals surface area contributed by atoms with E-state index in [1.807, 2.05) is 0 Å². The van der Waals surface area contributed by atoms with Gasteiger partial charge in [-0.15, -0.1) is 0 Å². The van der Waals surface area contributed by atoms with Crippen LogP contribution in [0.25, 0.3) is 0 Å². The predicted molar refractivity (Wildman–Crippen MR) is 284 cm³/mol. The van der Waals surface area contributed by atoms with Gasteiger partial charge in [-0.3, -0.25) is 14.4 Å². The monoisotopic (exact) mass is 925 g/mol. The third kappa shape index (κ3) is 52.3. The van der Waals surface area contributed by atoms with Gasteiger partial charge in [-0.1, -0.05) is 243 Å². The zero-order chi connectivity index (χ0) is 47.9. The fourth-order valence-electron chi connectivity index (χ4n) is 8.21. The highest BCUT2D eigenvalue weighted by molar-refractivity contribution is 5.71. The van der Waals surface area contributed by atoms with Gasteiger partial charge in [0, 0.05) is 19.3 Å². The number of carbonyl (C=O) groups excluding carboxylic acids is 3. The number of hydrogen-bond donors (Lipinski definition) is 0. The first-order chi connectivity index (χ1) is 32.5. The van der Waals surface area contributed by atoms with Gasteiger partial charge >= 0.3 is 17.9 Å². The first-order valence-corrected chi connectivity index (χ1v) is 28.6. The van der Waals surface area contributed by atoms with E-state index in [0.717, 1.165) is 89.9 Å². The normalized spacial score (nSPS) is 12.3. The van der Waals surface area contributed by atoms with Gasteiger partial charge in [-0.25, -0.2) is 0 Å². The van der Waals surface area contributed by atoms with Crippen molar-refractivity contribution in [3.63, 3.8) is 0 Å². The minimum Gasteiger partial charge on any atom is -0.462 e. The maximum absolute atomic E-state index is 12.8. The second-order valence-electron chi connectivity index (χ2n) is 19.2. The van der Waals surface area contributed by atoms with Gasteiger partial charge < -0.3 is 14.2 Å². The number of ether oxygens (including phenoxy) is 3. The average Bonchev–Trinajstić information content (AvgIpc) is 3.31. The van der Waals surface area contributed by atoms with E-state index in [4.69, 9.17) is 14.2 Å². The summed E-state index contributed by atoms with van der Waals surface area (Å²) in [4.78, 5) is 38.0. The Kier molecular flexibility index (Phi) is 52.8. The number of rotatable bonds is 52. The van der Waals surface area contributed by atoms with Gasteiger partial charge in [0.25, 0.3) is 0 Å². The predicted octanol–water partition coefficient (Wildman–Crippen LogP) is 19.0. The molecular formula is C60H108O6. The quantitative estimate of drug-likeness (QED) is 0.0262. The molecule has 6 nitrogen and oxygen atoms in total. The zero-order valence-corrected chi connectivity index (χ0v) is 44.0. The van der Waals surface area contributed by atoms with Crippen LogP contribution in [0.2, 0.25) is 0 Å². The molecule has 0 N–H and O–H groups in total. The summed E-state index contributed by atoms with van der Waals surface area (Å²) in [6.45, 7) is 6.60. The highest BCUT2D eigenvalue weighted by Gasteiger charge is 2.19. The standard InChI is InChI=1S/C60H108O6/c1-4-7-10-13-16-19-22-24-26-27-28-29-30-31-32-33-35-36-38-41-44-47-50-53-59(62)65-56-57(55-64-58(61)52-49-46-43-40-21-18-15-12-9-6-3)66-60(63)54-51-48-45-42-39-37-34-25-23-20-17-14-11-8-5-2/h17,20,22,24-25,27-28,34,57H,4-16,18-19,21,23,26,29-33,35-56H2,1-3H3/b20-17-,24-22-,28-27-,34-25-. The van der Waals surface area contributed by atoms with Crippen LogP contribution >= 0.6 is 0 Å². The van der Waals surface area contributed by atoms with Crippen LogP contribution in [0.5, 0.6) is 0 Å². The molecular weight excluding hydrogens is 817 g/mol. The Balaban J connectivity index is 4.26. The molecule has 0 aromatic rings. The highest BCUT2D eigenvalue weighted by atomic mass is 16.6. The maximum atomic E-state index is 12.8. The SMILES string of the molecule is CCCCC/C=C\C/C=C\CCCCCCCC(=O)OC(COC(=O)CCCCCCCCCCCC)COC(=O)CCCCCCCCCCCCC/C=C\C/C=C\CCCCCCC. The average molecular weight is 926 g/mol. The summed E-state index contributed by atoms with van der Waals surface area (Å²) in [7, 11) is 0. The molecule has 0 saturated heterocycles. The molecule has 0 amide bonds. The summed E-state index contributed by atoms with van der Waals surface area (Å²) in [6, 6.07) is 0. The minimum atomic E-state index is -0.778. The molecule has 0 rings (SSSR count). The molecule has 0 aromatic carbocycles. The van der Waals surface area contributed by atoms with Crippen LogP contribution in [-0.4, -0.2) is 37.2 Å². The summed E-state index contributed by atoms with van der Waals surface area (Å²) >= 11 is 0. The van der Waals surface area contributed by atoms with E-state index < -0.39 is 6.10 Å². The first kappa shape index (κ1) is 63.4. The van der Waals surface area contributed by atoms with E-state index in [2.05, 4.69) is 69.4 Å². The van der Waals surface area contributed by atoms with Crippen LogP contribution in [0.15, 0.2) is 48.6 Å². The molecule has 0 radical (unpaired) electrons. The molecule has 66 heavy (non-hydrogen) atoms.